The van der Waals surface area contributed by atoms with Gasteiger partial charge < -0.3 is 19.3 Å². The van der Waals surface area contributed by atoms with Gasteiger partial charge in [-0.2, -0.15) is 0 Å². The monoisotopic (exact) mass is 341 g/mol. The lowest BCUT2D eigenvalue weighted by molar-refractivity contribution is 0.0500. The summed E-state index contributed by atoms with van der Waals surface area (Å²) in [5.41, 5.74) is 2.19. The Balaban J connectivity index is 3.01. The number of carbonyl (C=O) groups excluding carboxylic acids is 1. The van der Waals surface area contributed by atoms with Crippen molar-refractivity contribution in [2.75, 3.05) is 23.2 Å². The van der Waals surface area contributed by atoms with Crippen LogP contribution < -0.4 is 10.0 Å². The topological polar surface area (TPSA) is 90.5 Å². The van der Waals surface area contributed by atoms with Crippen molar-refractivity contribution in [3.8, 4) is 0 Å². The van der Waals surface area contributed by atoms with E-state index in [1.807, 2.05) is 6.92 Å². The van der Waals surface area contributed by atoms with Crippen molar-refractivity contribution in [1.29, 1.82) is 0 Å². The number of rotatable bonds is 10. The van der Waals surface area contributed by atoms with Crippen LogP contribution in [-0.4, -0.2) is 27.9 Å². The molecule has 1 aromatic rings. The summed E-state index contributed by atoms with van der Waals surface area (Å²) >= 11 is -2.45. The largest absolute Gasteiger partial charge is 0.755 e. The lowest BCUT2D eigenvalue weighted by Crippen LogP contribution is -2.12. The minimum Gasteiger partial charge on any atom is -0.755 e. The number of carbonyl (C=O) groups is 1. The summed E-state index contributed by atoms with van der Waals surface area (Å²) in [4.78, 5) is 12.1. The van der Waals surface area contributed by atoms with Gasteiger partial charge in [-0.05, 0) is 37.5 Å². The Hall–Kier alpha value is -1.60. The third kappa shape index (κ3) is 6.58. The van der Waals surface area contributed by atoms with Crippen LogP contribution in [0.3, 0.4) is 0 Å². The van der Waals surface area contributed by atoms with Gasteiger partial charge in [0.15, 0.2) is 0 Å². The van der Waals surface area contributed by atoms with Gasteiger partial charge in [0, 0.05) is 23.5 Å². The zero-order valence-electron chi connectivity index (χ0n) is 13.9. The van der Waals surface area contributed by atoms with E-state index < -0.39 is 17.2 Å². The fourth-order valence-corrected chi connectivity index (χ4v) is 2.40. The molecule has 1 atom stereocenters. The predicted molar refractivity (Wildman–Crippen MR) is 92.3 cm³/mol. The van der Waals surface area contributed by atoms with Crippen molar-refractivity contribution >= 4 is 28.6 Å². The highest BCUT2D eigenvalue weighted by Gasteiger charge is 2.13. The summed E-state index contributed by atoms with van der Waals surface area (Å²) in [7, 11) is 0. The van der Waals surface area contributed by atoms with Gasteiger partial charge in [0.05, 0.1) is 17.9 Å². The van der Waals surface area contributed by atoms with Crippen molar-refractivity contribution in [3.63, 3.8) is 0 Å². The average molecular weight is 341 g/mol. The van der Waals surface area contributed by atoms with Crippen molar-refractivity contribution in [2.24, 2.45) is 0 Å². The molecule has 0 aliphatic heterocycles. The van der Waals surface area contributed by atoms with E-state index in [1.165, 1.54) is 6.07 Å². The van der Waals surface area contributed by atoms with E-state index in [2.05, 4.69) is 17.0 Å². The van der Waals surface area contributed by atoms with Gasteiger partial charge in [-0.1, -0.05) is 26.7 Å². The maximum Gasteiger partial charge on any atom is 0.338 e. The molecule has 0 amide bonds. The maximum absolute atomic E-state index is 12.1. The van der Waals surface area contributed by atoms with E-state index in [4.69, 9.17) is 4.74 Å². The predicted octanol–water partition coefficient (Wildman–Crippen LogP) is 3.37. The van der Waals surface area contributed by atoms with Crippen molar-refractivity contribution < 1.29 is 18.3 Å². The molecular weight excluding hydrogens is 316 g/mol. The molecule has 0 aliphatic rings. The second kappa shape index (κ2) is 10.2. The molecule has 0 aromatic heterocycles. The summed E-state index contributed by atoms with van der Waals surface area (Å²) in [5.74, 6) is -0.447. The number of unbranched alkanes of at least 4 members (excludes halogenated alkanes) is 2. The molecule has 0 spiro atoms. The zero-order valence-corrected chi connectivity index (χ0v) is 14.8. The minimum atomic E-state index is -2.45. The number of nitrogens with one attached hydrogen (secondary N) is 2. The summed E-state index contributed by atoms with van der Waals surface area (Å²) in [6.07, 6.45) is 3.77. The molecule has 0 fully saturated rings. The number of ether oxygens (including phenoxy) is 1. The average Bonchev–Trinajstić information content (AvgIpc) is 2.50. The molecule has 0 heterocycles. The molecule has 6 nitrogen and oxygen atoms in total. The summed E-state index contributed by atoms with van der Waals surface area (Å²) < 4.78 is 29.4. The van der Waals surface area contributed by atoms with Crippen LogP contribution in [0.2, 0.25) is 0 Å². The summed E-state index contributed by atoms with van der Waals surface area (Å²) in [5, 5.41) is 3.24. The quantitative estimate of drug-likeness (QED) is 0.387. The van der Waals surface area contributed by atoms with E-state index in [9.17, 15) is 13.6 Å². The Kier molecular flexibility index (Phi) is 8.65. The van der Waals surface area contributed by atoms with Crippen LogP contribution in [0.15, 0.2) is 12.1 Å². The molecule has 1 rings (SSSR count). The Bertz CT molecular complexity index is 549. The normalized spacial score (nSPS) is 11.8. The van der Waals surface area contributed by atoms with E-state index in [1.54, 1.807) is 13.0 Å². The van der Waals surface area contributed by atoms with Crippen LogP contribution in [0.5, 0.6) is 0 Å². The van der Waals surface area contributed by atoms with E-state index in [-0.39, 0.29) is 0 Å². The molecule has 0 saturated carbocycles. The zero-order chi connectivity index (χ0) is 17.2. The molecule has 1 unspecified atom stereocenters. The number of hydrogen-bond donors (Lipinski definition) is 2. The van der Waals surface area contributed by atoms with Gasteiger partial charge in [0.25, 0.3) is 0 Å². The first-order chi connectivity index (χ1) is 11.0. The van der Waals surface area contributed by atoms with Gasteiger partial charge in [-0.15, -0.1) is 0 Å². The molecular formula is C16H25N2O4S-. The van der Waals surface area contributed by atoms with E-state index in [0.717, 1.165) is 43.5 Å². The Morgan fingerprint density at radius 2 is 1.87 bits per heavy atom. The van der Waals surface area contributed by atoms with Crippen LogP contribution in [-0.2, 0) is 16.0 Å². The standard InChI is InChI=1S/C16H26N2O4S/c1-4-6-8-17-14-10-13(16(19)22-9-7-5-2)11-15(12(14)3)18-23(20)21/h10-11,17-18H,4-9H2,1-3H3,(H,20,21)/p-1. The highest BCUT2D eigenvalue weighted by atomic mass is 32.2. The van der Waals surface area contributed by atoms with Crippen LogP contribution in [0, 0.1) is 6.92 Å². The van der Waals surface area contributed by atoms with Crippen molar-refractivity contribution in [3.05, 3.63) is 23.3 Å². The molecule has 0 bridgehead atoms. The van der Waals surface area contributed by atoms with Gasteiger partial charge >= 0.3 is 5.97 Å². The summed E-state index contributed by atoms with van der Waals surface area (Å²) in [6.45, 7) is 7.02. The number of hydrogen-bond acceptors (Lipinski definition) is 5. The lowest BCUT2D eigenvalue weighted by Gasteiger charge is -2.17. The fourth-order valence-electron chi connectivity index (χ4n) is 2.00. The smallest absolute Gasteiger partial charge is 0.338 e. The van der Waals surface area contributed by atoms with Crippen molar-refractivity contribution in [1.82, 2.24) is 0 Å². The van der Waals surface area contributed by atoms with Crippen LogP contribution in [0.4, 0.5) is 11.4 Å². The number of anilines is 2. The second-order valence-electron chi connectivity index (χ2n) is 5.30. The first-order valence-corrected chi connectivity index (χ1v) is 8.98. The molecule has 130 valence electrons. The number of esters is 1. The molecule has 1 aromatic carbocycles. The maximum atomic E-state index is 12.1. The van der Waals surface area contributed by atoms with Crippen molar-refractivity contribution in [2.45, 2.75) is 46.5 Å². The fraction of sp³-hybridized carbons (Fsp3) is 0.562. The molecule has 7 heteroatoms. The van der Waals surface area contributed by atoms with Gasteiger partial charge in [-0.25, -0.2) is 4.79 Å². The number of benzene rings is 1. The van der Waals surface area contributed by atoms with Crippen LogP contribution in [0.25, 0.3) is 0 Å². The van der Waals surface area contributed by atoms with Gasteiger partial charge in [0.1, 0.15) is 0 Å². The lowest BCUT2D eigenvalue weighted by atomic mass is 10.1. The van der Waals surface area contributed by atoms with Gasteiger partial charge in [0.2, 0.25) is 0 Å². The molecule has 0 aliphatic carbocycles. The highest BCUT2D eigenvalue weighted by molar-refractivity contribution is 7.80. The molecule has 0 radical (unpaired) electrons. The highest BCUT2D eigenvalue weighted by Crippen LogP contribution is 2.27. The molecule has 2 N–H and O–H groups in total. The Morgan fingerprint density at radius 1 is 1.22 bits per heavy atom. The second-order valence-corrected chi connectivity index (χ2v) is 5.98. The SMILES string of the molecule is CCCCNc1cc(C(=O)OCCCC)cc(NS(=O)[O-])c1C. The Labute approximate surface area is 140 Å². The van der Waals surface area contributed by atoms with E-state index >= 15 is 0 Å². The van der Waals surface area contributed by atoms with Crippen LogP contribution >= 0.6 is 0 Å². The minimum absolute atomic E-state index is 0.332. The van der Waals surface area contributed by atoms with E-state index in [0.29, 0.717) is 17.9 Å². The summed E-state index contributed by atoms with van der Waals surface area (Å²) in [6, 6.07) is 3.21. The third-order valence-corrected chi connectivity index (χ3v) is 3.80. The Morgan fingerprint density at radius 3 is 2.48 bits per heavy atom. The molecule has 23 heavy (non-hydrogen) atoms. The van der Waals surface area contributed by atoms with Gasteiger partial charge in [-0.3, -0.25) is 4.21 Å². The first-order valence-electron chi connectivity index (χ1n) is 7.91. The van der Waals surface area contributed by atoms with Crippen LogP contribution in [0.1, 0.15) is 55.5 Å². The third-order valence-electron chi connectivity index (χ3n) is 3.41. The molecule has 0 saturated heterocycles. The first kappa shape index (κ1) is 19.4.